The van der Waals surface area contributed by atoms with Crippen LogP contribution in [-0.4, -0.2) is 32.0 Å². The van der Waals surface area contributed by atoms with Crippen LogP contribution in [0.2, 0.25) is 0 Å². The van der Waals surface area contributed by atoms with E-state index in [0.717, 1.165) is 26.2 Å². The van der Waals surface area contributed by atoms with Gasteiger partial charge in [0, 0.05) is 10.2 Å². The van der Waals surface area contributed by atoms with E-state index in [1.807, 2.05) is 69.4 Å². The van der Waals surface area contributed by atoms with Crippen LogP contribution in [0.4, 0.5) is 5.69 Å². The molecular weight excluding hydrogens is 394 g/mol. The molecular formula is C20H25BrN3O2+. The van der Waals surface area contributed by atoms with Crippen molar-refractivity contribution in [1.82, 2.24) is 5.32 Å². The molecule has 0 heterocycles. The second-order valence-corrected chi connectivity index (χ2v) is 7.39. The van der Waals surface area contributed by atoms with Crippen LogP contribution in [-0.2, 0) is 9.59 Å². The molecule has 1 unspecified atom stereocenters. The van der Waals surface area contributed by atoms with E-state index in [1.54, 1.807) is 0 Å². The summed E-state index contributed by atoms with van der Waals surface area (Å²) < 4.78 is 0.964. The lowest BCUT2D eigenvalue weighted by Crippen LogP contribution is -3.11. The van der Waals surface area contributed by atoms with E-state index in [1.165, 1.54) is 0 Å². The Morgan fingerprint density at radius 2 is 1.65 bits per heavy atom. The van der Waals surface area contributed by atoms with E-state index >= 15 is 0 Å². The summed E-state index contributed by atoms with van der Waals surface area (Å²) in [6.45, 7) is 4.40. The molecule has 2 amide bonds. The number of halogens is 1. The Morgan fingerprint density at radius 3 is 2.31 bits per heavy atom. The van der Waals surface area contributed by atoms with Crippen molar-refractivity contribution in [1.29, 1.82) is 0 Å². The maximum Gasteiger partial charge on any atom is 0.279 e. The fourth-order valence-electron chi connectivity index (χ4n) is 2.65. The number of nitrogens with one attached hydrogen (secondary N) is 3. The summed E-state index contributed by atoms with van der Waals surface area (Å²) in [4.78, 5) is 25.2. The van der Waals surface area contributed by atoms with Gasteiger partial charge in [-0.3, -0.25) is 9.59 Å². The highest BCUT2D eigenvalue weighted by Gasteiger charge is 2.17. The smallest absolute Gasteiger partial charge is 0.279 e. The fourth-order valence-corrected chi connectivity index (χ4v) is 3.28. The second kappa shape index (κ2) is 9.50. The zero-order valence-electron chi connectivity index (χ0n) is 15.3. The molecule has 3 N–H and O–H groups in total. The number of aryl methyl sites for hydroxylation is 1. The molecule has 0 aliphatic heterocycles. The average Bonchev–Trinajstić information content (AvgIpc) is 2.56. The molecule has 0 saturated carbocycles. The first-order valence-electron chi connectivity index (χ1n) is 8.56. The van der Waals surface area contributed by atoms with Crippen molar-refractivity contribution in [3.05, 3.63) is 64.1 Å². The molecule has 0 radical (unpaired) electrons. The molecule has 2 aromatic rings. The summed E-state index contributed by atoms with van der Waals surface area (Å²) in [7, 11) is 1.83. The number of carbonyl (C=O) groups excluding carboxylic acids is 2. The Hall–Kier alpha value is -2.18. The van der Waals surface area contributed by atoms with Crippen LogP contribution in [0, 0.1) is 6.92 Å². The molecule has 0 saturated heterocycles. The molecule has 138 valence electrons. The standard InChI is InChI=1S/C20H24BrN3O2/c1-14-8-10-16(11-9-14)23-20(26)13-24(3)12-19(25)22-15(2)17-6-4-5-7-18(17)21/h4-11,15H,12-13H2,1-3H3,(H,22,25)(H,23,26)/p+1/t15-/m1/s1. The zero-order chi connectivity index (χ0) is 19.1. The number of hydrogen-bond donors (Lipinski definition) is 3. The molecule has 0 aliphatic carbocycles. The van der Waals surface area contributed by atoms with Gasteiger partial charge in [-0.1, -0.05) is 51.8 Å². The predicted molar refractivity (Wildman–Crippen MR) is 107 cm³/mol. The number of likely N-dealkylation sites (N-methyl/N-ethyl adjacent to an activating group) is 1. The quantitative estimate of drug-likeness (QED) is 0.644. The lowest BCUT2D eigenvalue weighted by molar-refractivity contribution is -0.862. The van der Waals surface area contributed by atoms with E-state index < -0.39 is 0 Å². The molecule has 0 bridgehead atoms. The zero-order valence-corrected chi connectivity index (χ0v) is 16.9. The first kappa shape index (κ1) is 20.1. The van der Waals surface area contributed by atoms with Gasteiger partial charge < -0.3 is 15.5 Å². The predicted octanol–water partition coefficient (Wildman–Crippen LogP) is 2.09. The highest BCUT2D eigenvalue weighted by molar-refractivity contribution is 9.10. The molecule has 0 spiro atoms. The van der Waals surface area contributed by atoms with Crippen molar-refractivity contribution < 1.29 is 14.5 Å². The monoisotopic (exact) mass is 418 g/mol. The number of rotatable bonds is 7. The molecule has 26 heavy (non-hydrogen) atoms. The minimum atomic E-state index is -0.113. The van der Waals surface area contributed by atoms with Gasteiger partial charge in [-0.25, -0.2) is 0 Å². The van der Waals surface area contributed by atoms with Gasteiger partial charge >= 0.3 is 0 Å². The van der Waals surface area contributed by atoms with Crippen molar-refractivity contribution in [3.63, 3.8) is 0 Å². The van der Waals surface area contributed by atoms with Gasteiger partial charge in [0.15, 0.2) is 13.1 Å². The van der Waals surface area contributed by atoms with E-state index in [9.17, 15) is 9.59 Å². The molecule has 0 fully saturated rings. The summed E-state index contributed by atoms with van der Waals surface area (Å²) in [6.07, 6.45) is 0. The van der Waals surface area contributed by atoms with Gasteiger partial charge in [0.2, 0.25) is 0 Å². The van der Waals surface area contributed by atoms with E-state index in [-0.39, 0.29) is 30.9 Å². The van der Waals surface area contributed by atoms with Crippen molar-refractivity contribution in [2.24, 2.45) is 0 Å². The lowest BCUT2D eigenvalue weighted by Gasteiger charge is -2.18. The number of amides is 2. The van der Waals surface area contributed by atoms with Gasteiger partial charge in [0.25, 0.3) is 11.8 Å². The number of anilines is 1. The molecule has 0 aliphatic rings. The van der Waals surface area contributed by atoms with Gasteiger partial charge in [-0.2, -0.15) is 0 Å². The van der Waals surface area contributed by atoms with Crippen molar-refractivity contribution >= 4 is 33.4 Å². The lowest BCUT2D eigenvalue weighted by atomic mass is 10.1. The first-order valence-corrected chi connectivity index (χ1v) is 9.36. The number of benzene rings is 2. The van der Waals surface area contributed by atoms with Crippen LogP contribution in [0.5, 0.6) is 0 Å². The Bertz CT molecular complexity index is 762. The summed E-state index contributed by atoms with van der Waals surface area (Å²) in [5.74, 6) is -0.202. The first-order chi connectivity index (χ1) is 12.3. The Labute approximate surface area is 162 Å². The topological polar surface area (TPSA) is 62.6 Å². The van der Waals surface area contributed by atoms with Gasteiger partial charge in [-0.15, -0.1) is 0 Å². The molecule has 2 aromatic carbocycles. The average molecular weight is 419 g/mol. The number of quaternary nitrogens is 1. The number of hydrogen-bond acceptors (Lipinski definition) is 2. The normalized spacial score (nSPS) is 12.9. The minimum absolute atomic E-state index is 0.0890. The molecule has 5 nitrogen and oxygen atoms in total. The van der Waals surface area contributed by atoms with Crippen LogP contribution in [0.25, 0.3) is 0 Å². The van der Waals surface area contributed by atoms with Crippen LogP contribution in [0.1, 0.15) is 24.1 Å². The molecule has 2 atom stereocenters. The third-order valence-corrected chi connectivity index (χ3v) is 4.73. The largest absolute Gasteiger partial charge is 0.345 e. The SMILES string of the molecule is Cc1ccc(NC(=O)C[NH+](C)CC(=O)N[C@H](C)c2ccccc2Br)cc1. The van der Waals surface area contributed by atoms with Crippen LogP contribution in [0.3, 0.4) is 0 Å². The van der Waals surface area contributed by atoms with Gasteiger partial charge in [0.1, 0.15) is 0 Å². The Morgan fingerprint density at radius 1 is 1.04 bits per heavy atom. The van der Waals surface area contributed by atoms with Crippen molar-refractivity contribution in [2.45, 2.75) is 19.9 Å². The molecule has 0 aromatic heterocycles. The van der Waals surface area contributed by atoms with E-state index in [0.29, 0.717) is 0 Å². The Balaban J connectivity index is 1.80. The second-order valence-electron chi connectivity index (χ2n) is 6.54. The van der Waals surface area contributed by atoms with Crippen LogP contribution < -0.4 is 15.5 Å². The highest BCUT2D eigenvalue weighted by atomic mass is 79.9. The van der Waals surface area contributed by atoms with Crippen LogP contribution >= 0.6 is 15.9 Å². The number of carbonyl (C=O) groups is 2. The molecule has 2 rings (SSSR count). The highest BCUT2D eigenvalue weighted by Crippen LogP contribution is 2.22. The van der Waals surface area contributed by atoms with E-state index in [4.69, 9.17) is 0 Å². The van der Waals surface area contributed by atoms with Crippen molar-refractivity contribution in [2.75, 3.05) is 25.5 Å². The Kier molecular flexibility index (Phi) is 7.36. The molecule has 6 heteroatoms. The van der Waals surface area contributed by atoms with Gasteiger partial charge in [0.05, 0.1) is 13.1 Å². The third-order valence-electron chi connectivity index (χ3n) is 4.01. The maximum absolute atomic E-state index is 12.2. The summed E-state index contributed by atoms with van der Waals surface area (Å²) in [5, 5.41) is 5.83. The van der Waals surface area contributed by atoms with Crippen LogP contribution in [0.15, 0.2) is 53.0 Å². The van der Waals surface area contributed by atoms with E-state index in [2.05, 4.69) is 26.6 Å². The summed E-state index contributed by atoms with van der Waals surface area (Å²) in [6, 6.07) is 15.3. The minimum Gasteiger partial charge on any atom is -0.345 e. The fraction of sp³-hybridized carbons (Fsp3) is 0.300. The summed E-state index contributed by atoms with van der Waals surface area (Å²) in [5.41, 5.74) is 2.93. The summed E-state index contributed by atoms with van der Waals surface area (Å²) >= 11 is 3.50. The maximum atomic E-state index is 12.2. The van der Waals surface area contributed by atoms with Crippen molar-refractivity contribution in [3.8, 4) is 0 Å². The third kappa shape index (κ3) is 6.28. The van der Waals surface area contributed by atoms with Gasteiger partial charge in [-0.05, 0) is 37.6 Å².